The number of fused-ring (bicyclic) bond motifs is 1. The van der Waals surface area contributed by atoms with Crippen LogP contribution >= 0.6 is 0 Å². The molecule has 2 aromatic carbocycles. The number of hydrogen-bond donors (Lipinski definition) is 3. The zero-order valence-corrected chi connectivity index (χ0v) is 24.2. The number of nitrogens with zero attached hydrogens (tertiary/aromatic N) is 3. The predicted molar refractivity (Wildman–Crippen MR) is 156 cm³/mol. The van der Waals surface area contributed by atoms with Gasteiger partial charge in [0, 0.05) is 60.7 Å². The van der Waals surface area contributed by atoms with E-state index in [4.69, 9.17) is 4.74 Å². The summed E-state index contributed by atoms with van der Waals surface area (Å²) in [4.78, 5) is 13.1. The largest absolute Gasteiger partial charge is 0.437 e. The molecule has 0 bridgehead atoms. The van der Waals surface area contributed by atoms with Crippen molar-refractivity contribution in [2.75, 3.05) is 28.9 Å². The molecule has 1 saturated heterocycles. The Labute approximate surface area is 246 Å². The molecule has 9 nitrogen and oxygen atoms in total. The molecule has 228 valence electrons. The van der Waals surface area contributed by atoms with Crippen LogP contribution in [0.2, 0.25) is 0 Å². The number of aromatic nitrogens is 3. The van der Waals surface area contributed by atoms with Gasteiger partial charge in [-0.05, 0) is 25.1 Å². The van der Waals surface area contributed by atoms with Crippen LogP contribution in [-0.2, 0) is 10.0 Å². The first kappa shape index (κ1) is 30.4. The maximum Gasteiger partial charge on any atom is 0.263 e. The van der Waals surface area contributed by atoms with Crippen LogP contribution in [0.25, 0.3) is 22.0 Å². The fourth-order valence-corrected chi connectivity index (χ4v) is 6.18. The second kappa shape index (κ2) is 12.3. The lowest BCUT2D eigenvalue weighted by Gasteiger charge is -2.26. The molecule has 0 unspecified atom stereocenters. The number of ether oxygens (including phenoxy) is 1. The summed E-state index contributed by atoms with van der Waals surface area (Å²) in [5.74, 6) is -5.52. The molecule has 3 N–H and O–H groups in total. The third-order valence-electron chi connectivity index (χ3n) is 7.04. The standard InChI is InChI=1S/C29H30F4N6O3S/c1-3-29(32,33)16-43(40,41)39-25-20-7-4-5-8-21(20)26(17(2)24(25)31)42-27-22(9-6-11-35-27)23-10-12-36-28(38-23)37-19-13-18(30)14-34-15-19/h4-12,18-19,34,39H,3,13-16H2,1-2H3,(H,36,37,38)/t18-,19-/m0/s1. The van der Waals surface area contributed by atoms with Gasteiger partial charge in [-0.3, -0.25) is 4.72 Å². The average Bonchev–Trinajstić information content (AvgIpc) is 2.97. The SMILES string of the molecule is CCC(F)(F)CS(=O)(=O)Nc1c(F)c(C)c(Oc2ncccc2-c2ccnc(N[C@@H]3CNC[C@@H](F)C3)n2)c2ccccc12. The number of alkyl halides is 3. The molecule has 0 radical (unpaired) electrons. The maximum absolute atomic E-state index is 15.8. The average molecular weight is 619 g/mol. The summed E-state index contributed by atoms with van der Waals surface area (Å²) in [6.07, 6.45) is 1.67. The van der Waals surface area contributed by atoms with Crippen molar-refractivity contribution in [3.8, 4) is 22.9 Å². The number of piperidine rings is 1. The van der Waals surface area contributed by atoms with E-state index in [2.05, 4.69) is 25.6 Å². The van der Waals surface area contributed by atoms with Gasteiger partial charge in [-0.15, -0.1) is 0 Å². The number of rotatable bonds is 10. The van der Waals surface area contributed by atoms with Gasteiger partial charge in [-0.25, -0.2) is 40.9 Å². The minimum Gasteiger partial charge on any atom is -0.437 e. The van der Waals surface area contributed by atoms with Crippen molar-refractivity contribution < 1.29 is 30.7 Å². The maximum atomic E-state index is 15.8. The molecule has 3 heterocycles. The highest BCUT2D eigenvalue weighted by Crippen LogP contribution is 2.42. The molecule has 0 amide bonds. The fourth-order valence-electron chi connectivity index (χ4n) is 4.83. The monoisotopic (exact) mass is 618 g/mol. The van der Waals surface area contributed by atoms with E-state index in [0.29, 0.717) is 36.2 Å². The normalized spacial score (nSPS) is 17.5. The lowest BCUT2D eigenvalue weighted by atomic mass is 10.0. The third kappa shape index (κ3) is 6.96. The highest BCUT2D eigenvalue weighted by molar-refractivity contribution is 7.92. The molecule has 14 heteroatoms. The molecule has 1 fully saturated rings. The molecule has 0 saturated carbocycles. The summed E-state index contributed by atoms with van der Waals surface area (Å²) in [6.45, 7) is 3.41. The van der Waals surface area contributed by atoms with E-state index in [-0.39, 0.29) is 34.6 Å². The number of sulfonamides is 1. The molecular weight excluding hydrogens is 588 g/mol. The van der Waals surface area contributed by atoms with Crippen molar-refractivity contribution in [1.82, 2.24) is 20.3 Å². The predicted octanol–water partition coefficient (Wildman–Crippen LogP) is 5.83. The van der Waals surface area contributed by atoms with Crippen LogP contribution in [0.5, 0.6) is 11.6 Å². The highest BCUT2D eigenvalue weighted by Gasteiger charge is 2.34. The van der Waals surface area contributed by atoms with Gasteiger partial charge < -0.3 is 15.4 Å². The van der Waals surface area contributed by atoms with E-state index >= 15 is 4.39 Å². The molecule has 4 aromatic rings. The zero-order chi connectivity index (χ0) is 30.8. The summed E-state index contributed by atoms with van der Waals surface area (Å²) < 4.78 is 90.9. The van der Waals surface area contributed by atoms with Gasteiger partial charge >= 0.3 is 0 Å². The second-order valence-electron chi connectivity index (χ2n) is 10.3. The van der Waals surface area contributed by atoms with Gasteiger partial charge in [-0.2, -0.15) is 0 Å². The Bertz CT molecular complexity index is 1740. The molecule has 2 atom stereocenters. The molecule has 2 aromatic heterocycles. The quantitative estimate of drug-likeness (QED) is 0.190. The van der Waals surface area contributed by atoms with Gasteiger partial charge in [0.1, 0.15) is 17.7 Å². The lowest BCUT2D eigenvalue weighted by Crippen LogP contribution is -2.44. The van der Waals surface area contributed by atoms with Gasteiger partial charge in [-0.1, -0.05) is 31.2 Å². The highest BCUT2D eigenvalue weighted by atomic mass is 32.2. The van der Waals surface area contributed by atoms with Crippen LogP contribution in [0.15, 0.2) is 54.9 Å². The van der Waals surface area contributed by atoms with Gasteiger partial charge in [0.2, 0.25) is 21.9 Å². The van der Waals surface area contributed by atoms with Crippen molar-refractivity contribution in [2.45, 2.75) is 44.8 Å². The summed E-state index contributed by atoms with van der Waals surface area (Å²) in [5, 5.41) is 6.59. The molecule has 0 aliphatic carbocycles. The van der Waals surface area contributed by atoms with Crippen molar-refractivity contribution in [1.29, 1.82) is 0 Å². The Morgan fingerprint density at radius 1 is 1.07 bits per heavy atom. The summed E-state index contributed by atoms with van der Waals surface area (Å²) in [6, 6.07) is 11.1. The van der Waals surface area contributed by atoms with Crippen LogP contribution in [0.1, 0.15) is 25.3 Å². The van der Waals surface area contributed by atoms with E-state index in [1.807, 2.05) is 4.72 Å². The smallest absolute Gasteiger partial charge is 0.263 e. The first-order valence-electron chi connectivity index (χ1n) is 13.6. The first-order valence-corrected chi connectivity index (χ1v) is 15.3. The van der Waals surface area contributed by atoms with Gasteiger partial charge in [0.15, 0.2) is 5.82 Å². The molecule has 0 spiro atoms. The summed E-state index contributed by atoms with van der Waals surface area (Å²) in [5.41, 5.74) is 0.372. The zero-order valence-electron chi connectivity index (χ0n) is 23.4. The number of halogens is 4. The fraction of sp³-hybridized carbons (Fsp3) is 0.345. The molecule has 1 aliphatic heterocycles. The molecule has 43 heavy (non-hydrogen) atoms. The number of nitrogens with one attached hydrogen (secondary N) is 3. The van der Waals surface area contributed by atoms with E-state index in [0.717, 1.165) is 0 Å². The second-order valence-corrected chi connectivity index (χ2v) is 12.0. The minimum absolute atomic E-state index is 0.0598. The van der Waals surface area contributed by atoms with Gasteiger partial charge in [0.05, 0.1) is 16.9 Å². The van der Waals surface area contributed by atoms with E-state index in [9.17, 15) is 21.6 Å². The number of hydrogen-bond acceptors (Lipinski definition) is 8. The molecular formula is C29H30F4N6O3S. The van der Waals surface area contributed by atoms with Crippen LogP contribution in [0, 0.1) is 12.7 Å². The van der Waals surface area contributed by atoms with Crippen LogP contribution in [0.4, 0.5) is 29.2 Å². The number of benzene rings is 2. The lowest BCUT2D eigenvalue weighted by molar-refractivity contribution is 0.0219. The topological polar surface area (TPSA) is 118 Å². The van der Waals surface area contributed by atoms with E-state index in [1.165, 1.54) is 32.3 Å². The first-order chi connectivity index (χ1) is 20.5. The van der Waals surface area contributed by atoms with Crippen LogP contribution in [-0.4, -0.2) is 60.3 Å². The minimum atomic E-state index is -4.61. The Morgan fingerprint density at radius 3 is 2.58 bits per heavy atom. The summed E-state index contributed by atoms with van der Waals surface area (Å²) >= 11 is 0. The van der Waals surface area contributed by atoms with Crippen molar-refractivity contribution in [2.24, 2.45) is 0 Å². The van der Waals surface area contributed by atoms with Gasteiger partial charge in [0.25, 0.3) is 5.92 Å². The van der Waals surface area contributed by atoms with Crippen molar-refractivity contribution in [3.63, 3.8) is 0 Å². The Morgan fingerprint density at radius 2 is 1.84 bits per heavy atom. The van der Waals surface area contributed by atoms with Crippen molar-refractivity contribution in [3.05, 3.63) is 66.2 Å². The van der Waals surface area contributed by atoms with Crippen LogP contribution in [0.3, 0.4) is 0 Å². The molecule has 1 aliphatic rings. The van der Waals surface area contributed by atoms with E-state index < -0.39 is 45.8 Å². The Kier molecular flexibility index (Phi) is 8.69. The molecule has 5 rings (SSSR count). The number of pyridine rings is 1. The third-order valence-corrected chi connectivity index (χ3v) is 8.36. The Hall–Kier alpha value is -4.04. The van der Waals surface area contributed by atoms with Crippen molar-refractivity contribution >= 4 is 32.4 Å². The summed E-state index contributed by atoms with van der Waals surface area (Å²) in [7, 11) is -4.61. The number of anilines is 2. The Balaban J connectivity index is 1.50. The van der Waals surface area contributed by atoms with E-state index in [1.54, 1.807) is 36.4 Å². The van der Waals surface area contributed by atoms with Crippen LogP contribution < -0.4 is 20.1 Å².